The van der Waals surface area contributed by atoms with Crippen molar-refractivity contribution in [2.75, 3.05) is 19.8 Å². The van der Waals surface area contributed by atoms with Gasteiger partial charge < -0.3 is 19.2 Å². The van der Waals surface area contributed by atoms with Gasteiger partial charge in [-0.25, -0.2) is 0 Å². The summed E-state index contributed by atoms with van der Waals surface area (Å²) in [6.07, 6.45) is 3.22. The number of ether oxygens (including phenoxy) is 2. The summed E-state index contributed by atoms with van der Waals surface area (Å²) in [6, 6.07) is 8.21. The number of fused-ring (bicyclic) bond motifs is 1. The zero-order valence-electron chi connectivity index (χ0n) is 14.0. The molecule has 3 heterocycles. The molecule has 1 aromatic carbocycles. The summed E-state index contributed by atoms with van der Waals surface area (Å²) in [4.78, 5) is 24.7. The van der Waals surface area contributed by atoms with Gasteiger partial charge in [0.2, 0.25) is 0 Å². The van der Waals surface area contributed by atoms with Crippen molar-refractivity contribution < 1.29 is 18.7 Å². The molecule has 1 amide bonds. The maximum atomic E-state index is 12.6. The summed E-state index contributed by atoms with van der Waals surface area (Å²) >= 11 is 0. The van der Waals surface area contributed by atoms with E-state index >= 15 is 0 Å². The standard InChI is InChI=1S/C19H21NO5/c21-15-11-17(25-16-4-2-1-3-14(15)16)18(22)20-13-5-8-24-19(12-13)6-9-23-10-7-19/h1-4,11,13H,5-10,12H2,(H,20,22)/t13-/m1/s1. The summed E-state index contributed by atoms with van der Waals surface area (Å²) in [5.74, 6) is -0.298. The number of hydrogen-bond donors (Lipinski definition) is 1. The van der Waals surface area contributed by atoms with E-state index in [1.54, 1.807) is 24.3 Å². The Morgan fingerprint density at radius 3 is 2.80 bits per heavy atom. The van der Waals surface area contributed by atoms with Crippen molar-refractivity contribution >= 4 is 16.9 Å². The number of nitrogens with one attached hydrogen (secondary N) is 1. The van der Waals surface area contributed by atoms with Crippen molar-refractivity contribution in [3.8, 4) is 0 Å². The number of carbonyl (C=O) groups excluding carboxylic acids is 1. The Labute approximate surface area is 145 Å². The Hall–Kier alpha value is -2.18. The molecule has 6 nitrogen and oxygen atoms in total. The fourth-order valence-corrected chi connectivity index (χ4v) is 3.72. The SMILES string of the molecule is O=C(N[C@@H]1CCOC2(CCOCC2)C1)c1cc(=O)c2ccccc2o1. The molecule has 2 aliphatic rings. The van der Waals surface area contributed by atoms with Crippen molar-refractivity contribution in [1.82, 2.24) is 5.32 Å². The first-order valence-electron chi connectivity index (χ1n) is 8.71. The van der Waals surface area contributed by atoms with E-state index in [4.69, 9.17) is 13.9 Å². The molecule has 6 heteroatoms. The second kappa shape index (κ2) is 6.61. The highest BCUT2D eigenvalue weighted by molar-refractivity contribution is 5.93. The Bertz CT molecular complexity index is 832. The lowest BCUT2D eigenvalue weighted by atomic mass is 9.84. The monoisotopic (exact) mass is 343 g/mol. The zero-order chi connectivity index (χ0) is 17.3. The van der Waals surface area contributed by atoms with E-state index in [2.05, 4.69) is 5.32 Å². The number of amides is 1. The first kappa shape index (κ1) is 16.3. The van der Waals surface area contributed by atoms with E-state index in [1.807, 2.05) is 0 Å². The predicted octanol–water partition coefficient (Wildman–Crippen LogP) is 2.25. The van der Waals surface area contributed by atoms with Crippen LogP contribution in [0.5, 0.6) is 0 Å². The summed E-state index contributed by atoms with van der Waals surface area (Å²) in [5.41, 5.74) is 0.0199. The van der Waals surface area contributed by atoms with Gasteiger partial charge in [-0.1, -0.05) is 12.1 Å². The van der Waals surface area contributed by atoms with Crippen LogP contribution in [0, 0.1) is 0 Å². The maximum Gasteiger partial charge on any atom is 0.287 e. The van der Waals surface area contributed by atoms with E-state index < -0.39 is 0 Å². The van der Waals surface area contributed by atoms with Crippen LogP contribution >= 0.6 is 0 Å². The van der Waals surface area contributed by atoms with Gasteiger partial charge in [-0.3, -0.25) is 9.59 Å². The van der Waals surface area contributed by atoms with Gasteiger partial charge >= 0.3 is 0 Å². The van der Waals surface area contributed by atoms with Gasteiger partial charge in [-0.15, -0.1) is 0 Å². The van der Waals surface area contributed by atoms with Gasteiger partial charge in [0.1, 0.15) is 5.58 Å². The predicted molar refractivity (Wildman–Crippen MR) is 91.7 cm³/mol. The van der Waals surface area contributed by atoms with Crippen LogP contribution in [0.1, 0.15) is 36.2 Å². The molecule has 2 fully saturated rings. The molecular formula is C19H21NO5. The average molecular weight is 343 g/mol. The molecule has 132 valence electrons. The minimum Gasteiger partial charge on any atom is -0.451 e. The lowest BCUT2D eigenvalue weighted by molar-refractivity contribution is -0.139. The largest absolute Gasteiger partial charge is 0.451 e. The highest BCUT2D eigenvalue weighted by Crippen LogP contribution is 2.34. The van der Waals surface area contributed by atoms with Crippen LogP contribution in [0.3, 0.4) is 0 Å². The fourth-order valence-electron chi connectivity index (χ4n) is 3.72. The summed E-state index contributed by atoms with van der Waals surface area (Å²) in [7, 11) is 0. The summed E-state index contributed by atoms with van der Waals surface area (Å²) < 4.78 is 17.0. The smallest absolute Gasteiger partial charge is 0.287 e. The number of carbonyl (C=O) groups is 1. The number of hydrogen-bond acceptors (Lipinski definition) is 5. The third-order valence-electron chi connectivity index (χ3n) is 5.09. The van der Waals surface area contributed by atoms with E-state index in [9.17, 15) is 9.59 Å². The van der Waals surface area contributed by atoms with Crippen LogP contribution in [0.25, 0.3) is 11.0 Å². The van der Waals surface area contributed by atoms with Gasteiger partial charge in [-0.2, -0.15) is 0 Å². The van der Waals surface area contributed by atoms with E-state index in [1.165, 1.54) is 6.07 Å². The van der Waals surface area contributed by atoms with Gasteiger partial charge in [0.15, 0.2) is 11.2 Å². The van der Waals surface area contributed by atoms with Crippen molar-refractivity contribution in [2.45, 2.75) is 37.3 Å². The number of rotatable bonds is 2. The van der Waals surface area contributed by atoms with Crippen LogP contribution in [0.15, 0.2) is 39.5 Å². The molecule has 1 atom stereocenters. The van der Waals surface area contributed by atoms with E-state index in [0.29, 0.717) is 30.8 Å². The molecular weight excluding hydrogens is 322 g/mol. The van der Waals surface area contributed by atoms with Crippen molar-refractivity contribution in [1.29, 1.82) is 0 Å². The Balaban J connectivity index is 1.51. The topological polar surface area (TPSA) is 77.8 Å². The van der Waals surface area contributed by atoms with Crippen LogP contribution < -0.4 is 10.7 Å². The Kier molecular flexibility index (Phi) is 4.31. The molecule has 4 rings (SSSR count). The van der Waals surface area contributed by atoms with E-state index in [-0.39, 0.29) is 28.7 Å². The molecule has 1 aromatic heterocycles. The van der Waals surface area contributed by atoms with Crippen molar-refractivity contribution in [3.63, 3.8) is 0 Å². The molecule has 2 aliphatic heterocycles. The molecule has 1 spiro atoms. The van der Waals surface area contributed by atoms with Crippen molar-refractivity contribution in [2.24, 2.45) is 0 Å². The minimum atomic E-state index is -0.350. The molecule has 2 saturated heterocycles. The quantitative estimate of drug-likeness (QED) is 0.905. The van der Waals surface area contributed by atoms with Gasteiger partial charge in [0.25, 0.3) is 5.91 Å². The fraction of sp³-hybridized carbons (Fsp3) is 0.474. The van der Waals surface area contributed by atoms with Crippen LogP contribution in [-0.4, -0.2) is 37.4 Å². The van der Waals surface area contributed by atoms with Crippen LogP contribution in [0.4, 0.5) is 0 Å². The molecule has 2 aromatic rings. The third-order valence-corrected chi connectivity index (χ3v) is 5.09. The Morgan fingerprint density at radius 2 is 1.96 bits per heavy atom. The maximum absolute atomic E-state index is 12.6. The molecule has 0 bridgehead atoms. The van der Waals surface area contributed by atoms with Crippen LogP contribution in [0.2, 0.25) is 0 Å². The van der Waals surface area contributed by atoms with Gasteiger partial charge in [0.05, 0.1) is 11.0 Å². The van der Waals surface area contributed by atoms with E-state index in [0.717, 1.165) is 25.7 Å². The third kappa shape index (κ3) is 3.32. The second-order valence-corrected chi connectivity index (χ2v) is 6.78. The number of para-hydroxylation sites is 1. The number of benzene rings is 1. The second-order valence-electron chi connectivity index (χ2n) is 6.78. The van der Waals surface area contributed by atoms with Gasteiger partial charge in [-0.05, 0) is 37.8 Å². The summed E-state index contributed by atoms with van der Waals surface area (Å²) in [6.45, 7) is 2.01. The van der Waals surface area contributed by atoms with Crippen molar-refractivity contribution in [3.05, 3.63) is 46.3 Å². The molecule has 0 saturated carbocycles. The van der Waals surface area contributed by atoms with Gasteiger partial charge in [0, 0.05) is 31.9 Å². The molecule has 0 radical (unpaired) electrons. The first-order chi connectivity index (χ1) is 12.2. The average Bonchev–Trinajstić information content (AvgIpc) is 2.62. The van der Waals surface area contributed by atoms with Crippen LogP contribution in [-0.2, 0) is 9.47 Å². The summed E-state index contributed by atoms with van der Waals surface area (Å²) in [5, 5.41) is 3.48. The lowest BCUT2D eigenvalue weighted by Crippen LogP contribution is -2.51. The Morgan fingerprint density at radius 1 is 1.16 bits per heavy atom. The minimum absolute atomic E-state index is 0.0103. The molecule has 1 N–H and O–H groups in total. The molecule has 0 unspecified atom stereocenters. The molecule has 25 heavy (non-hydrogen) atoms. The zero-order valence-corrected chi connectivity index (χ0v) is 14.0. The lowest BCUT2D eigenvalue weighted by Gasteiger charge is -2.43. The highest BCUT2D eigenvalue weighted by atomic mass is 16.5. The highest BCUT2D eigenvalue weighted by Gasteiger charge is 2.39. The molecule has 0 aliphatic carbocycles. The first-order valence-corrected chi connectivity index (χ1v) is 8.71. The normalized spacial score (nSPS) is 22.8.